The molecule has 12 nitrogen and oxygen atoms in total. The fourth-order valence-electron chi connectivity index (χ4n) is 9.06. The molecule has 6 N–H and O–H groups in total. The topological polar surface area (TPSA) is 184 Å². The molecule has 6 rings (SSSR count). The number of aliphatic hydroxyl groups is 1. The first-order valence-corrected chi connectivity index (χ1v) is 24.1. The number of phenolic OH excluding ortho intramolecular Hbond substituents is 1. The number of aromatic nitrogens is 1. The zero-order valence-electron chi connectivity index (χ0n) is 39.3. The highest BCUT2D eigenvalue weighted by molar-refractivity contribution is 7.13. The van der Waals surface area contributed by atoms with Crippen LogP contribution in [0.15, 0.2) is 109 Å². The number of hydrogen-bond donors (Lipinski definition) is 5. The van der Waals surface area contributed by atoms with Crippen molar-refractivity contribution in [3.8, 4) is 21.9 Å². The molecule has 1 unspecified atom stereocenters. The second kappa shape index (κ2) is 23.4. The molecule has 354 valence electrons. The van der Waals surface area contributed by atoms with Gasteiger partial charge in [-0.1, -0.05) is 119 Å². The van der Waals surface area contributed by atoms with Gasteiger partial charge in [-0.2, -0.15) is 0 Å². The number of nitrogens with two attached hydrogens (primary N) is 1. The Hall–Kier alpha value is -6.31. The molecule has 0 spiro atoms. The Morgan fingerprint density at radius 3 is 2.16 bits per heavy atom. The molecule has 2 heterocycles. The van der Waals surface area contributed by atoms with Crippen LogP contribution in [0.25, 0.3) is 21.6 Å². The summed E-state index contributed by atoms with van der Waals surface area (Å²) in [6.07, 6.45) is 2.47. The number of aliphatic hydroxyl groups excluding tert-OH is 1. The number of ether oxygens (including phenoxy) is 1. The predicted molar refractivity (Wildman–Crippen MR) is 265 cm³/mol. The number of thiazole rings is 1. The molecule has 0 saturated carbocycles. The van der Waals surface area contributed by atoms with Crippen LogP contribution in [0.3, 0.4) is 0 Å². The predicted octanol–water partition coefficient (Wildman–Crippen LogP) is 8.68. The van der Waals surface area contributed by atoms with E-state index in [1.807, 2.05) is 112 Å². The number of carbonyl (C=O) groups is 4. The van der Waals surface area contributed by atoms with Crippen molar-refractivity contribution in [2.24, 2.45) is 23.0 Å². The summed E-state index contributed by atoms with van der Waals surface area (Å²) < 4.78 is 5.98. The van der Waals surface area contributed by atoms with Crippen molar-refractivity contribution in [3.05, 3.63) is 137 Å². The highest BCUT2D eigenvalue weighted by Gasteiger charge is 2.47. The Bertz CT molecular complexity index is 2460. The number of phenols is 1. The van der Waals surface area contributed by atoms with Gasteiger partial charge in [0.1, 0.15) is 24.1 Å². The quantitative estimate of drug-likeness (QED) is 0.0358. The molecule has 1 aliphatic heterocycles. The Balaban J connectivity index is 0.959. The average Bonchev–Trinajstić information content (AvgIpc) is 3.93. The molecule has 67 heavy (non-hydrogen) atoms. The van der Waals surface area contributed by atoms with Gasteiger partial charge in [-0.05, 0) is 94.8 Å². The van der Waals surface area contributed by atoms with Crippen LogP contribution in [0.2, 0.25) is 0 Å². The van der Waals surface area contributed by atoms with Gasteiger partial charge in [0, 0.05) is 31.8 Å². The number of nitrogens with one attached hydrogen (secondary N) is 2. The van der Waals surface area contributed by atoms with Gasteiger partial charge < -0.3 is 36.2 Å². The van der Waals surface area contributed by atoms with Crippen molar-refractivity contribution < 1.29 is 34.1 Å². The zero-order chi connectivity index (χ0) is 48.1. The SMILES string of the molecule is CCC(=C(c1ccc(O)cc1)c1ccc(OCCNC(=O)CCCCCC(C(N)=O)[C@H](C(=O)N2C[C@H](O)C[C@H]2C(=O)NCc2ccc(-c3scnc3C)cc2)C(C)(C)C)cc1)c1ccccc1. The summed E-state index contributed by atoms with van der Waals surface area (Å²) in [5.74, 6) is -2.18. The number of unbranched alkanes of at least 4 members (excludes halogenated alkanes) is 2. The number of primary amides is 1. The number of β-amino-alcohol motifs (C(OH)–C–C–N with tert-alkyl or cyclic N) is 1. The molecule has 1 saturated heterocycles. The summed E-state index contributed by atoms with van der Waals surface area (Å²) in [6.45, 7) is 10.6. The smallest absolute Gasteiger partial charge is 0.243 e. The highest BCUT2D eigenvalue weighted by atomic mass is 32.1. The first-order valence-electron chi connectivity index (χ1n) is 23.3. The van der Waals surface area contributed by atoms with Crippen molar-refractivity contribution in [2.75, 3.05) is 19.7 Å². The van der Waals surface area contributed by atoms with E-state index in [4.69, 9.17) is 10.5 Å². The van der Waals surface area contributed by atoms with E-state index >= 15 is 0 Å². The lowest BCUT2D eigenvalue weighted by molar-refractivity contribution is -0.149. The molecular formula is C54H65N5O7S. The lowest BCUT2D eigenvalue weighted by atomic mass is 9.70. The van der Waals surface area contributed by atoms with E-state index in [2.05, 4.69) is 34.7 Å². The minimum Gasteiger partial charge on any atom is -0.508 e. The van der Waals surface area contributed by atoms with Gasteiger partial charge in [0.2, 0.25) is 23.6 Å². The summed E-state index contributed by atoms with van der Waals surface area (Å²) in [6, 6.07) is 32.4. The van der Waals surface area contributed by atoms with E-state index in [0.717, 1.165) is 50.4 Å². The van der Waals surface area contributed by atoms with Gasteiger partial charge >= 0.3 is 0 Å². The minimum atomic E-state index is -0.892. The molecule has 1 aliphatic rings. The maximum atomic E-state index is 14.4. The molecule has 1 aromatic heterocycles. The number of nitrogens with zero attached hydrogens (tertiary/aromatic N) is 2. The van der Waals surface area contributed by atoms with Crippen LogP contribution >= 0.6 is 11.3 Å². The van der Waals surface area contributed by atoms with Gasteiger partial charge in [-0.15, -0.1) is 11.3 Å². The van der Waals surface area contributed by atoms with Crippen LogP contribution < -0.4 is 21.1 Å². The van der Waals surface area contributed by atoms with Crippen molar-refractivity contribution in [2.45, 2.75) is 98.3 Å². The number of benzene rings is 4. The number of likely N-dealkylation sites (tertiary alicyclic amines) is 1. The first-order chi connectivity index (χ1) is 32.1. The van der Waals surface area contributed by atoms with E-state index in [0.29, 0.717) is 44.4 Å². The number of hydrogen-bond acceptors (Lipinski definition) is 9. The molecule has 1 fully saturated rings. The minimum absolute atomic E-state index is 0.0141. The lowest BCUT2D eigenvalue weighted by Gasteiger charge is -2.38. The Morgan fingerprint density at radius 2 is 1.55 bits per heavy atom. The highest BCUT2D eigenvalue weighted by Crippen LogP contribution is 2.39. The maximum Gasteiger partial charge on any atom is 0.243 e. The molecule has 13 heteroatoms. The van der Waals surface area contributed by atoms with Crippen molar-refractivity contribution in [1.29, 1.82) is 0 Å². The van der Waals surface area contributed by atoms with E-state index in [-0.39, 0.29) is 49.6 Å². The summed E-state index contributed by atoms with van der Waals surface area (Å²) in [4.78, 5) is 60.6. The third kappa shape index (κ3) is 13.4. The van der Waals surface area contributed by atoms with E-state index in [1.54, 1.807) is 23.5 Å². The van der Waals surface area contributed by atoms with Crippen LogP contribution in [0.5, 0.6) is 11.5 Å². The van der Waals surface area contributed by atoms with Crippen molar-refractivity contribution in [1.82, 2.24) is 20.5 Å². The van der Waals surface area contributed by atoms with Gasteiger partial charge in [0.15, 0.2) is 0 Å². The lowest BCUT2D eigenvalue weighted by Crippen LogP contribution is -2.52. The Morgan fingerprint density at radius 1 is 0.881 bits per heavy atom. The number of allylic oxidation sites excluding steroid dienone is 1. The Kier molecular flexibility index (Phi) is 17.5. The second-order valence-corrected chi connectivity index (χ2v) is 19.2. The van der Waals surface area contributed by atoms with Crippen molar-refractivity contribution in [3.63, 3.8) is 0 Å². The van der Waals surface area contributed by atoms with Gasteiger partial charge in [0.25, 0.3) is 0 Å². The van der Waals surface area contributed by atoms with E-state index < -0.39 is 35.3 Å². The van der Waals surface area contributed by atoms with Crippen LogP contribution in [0.4, 0.5) is 0 Å². The molecule has 0 aliphatic carbocycles. The molecule has 0 bridgehead atoms. The standard InChI is InChI=1S/C54H65N5O7S/c1-6-44(37-13-9-7-10-14-37)48(38-21-25-41(60)26-22-38)39-23-27-43(28-24-39)66-30-29-56-47(62)16-12-8-11-15-45(51(55)63)49(54(3,4)5)53(65)59-33-42(61)31-46(59)52(64)57-32-36-17-19-40(20-18-36)50-35(2)58-34-67-50/h7,9-10,13-14,17-28,34,42,45-46,49,60-61H,6,8,11-12,15-16,29-33H2,1-5H3,(H2,55,63)(H,56,62)(H,57,64)/t42-,45?,46+,49-/m1/s1. The second-order valence-electron chi connectivity index (χ2n) is 18.4. The molecule has 4 atom stereocenters. The molecule has 5 aromatic rings. The monoisotopic (exact) mass is 927 g/mol. The largest absolute Gasteiger partial charge is 0.508 e. The third-order valence-corrected chi connectivity index (χ3v) is 13.4. The molecule has 0 radical (unpaired) electrons. The van der Waals surface area contributed by atoms with Crippen LogP contribution in [0.1, 0.15) is 101 Å². The van der Waals surface area contributed by atoms with E-state index in [1.165, 1.54) is 10.5 Å². The first kappa shape index (κ1) is 50.1. The van der Waals surface area contributed by atoms with Crippen molar-refractivity contribution >= 4 is 46.1 Å². The van der Waals surface area contributed by atoms with Crippen LogP contribution in [0, 0.1) is 24.2 Å². The number of aromatic hydroxyl groups is 1. The molecular weight excluding hydrogens is 863 g/mol. The third-order valence-electron chi connectivity index (χ3n) is 12.4. The van der Waals surface area contributed by atoms with E-state index in [9.17, 15) is 29.4 Å². The fourth-order valence-corrected chi connectivity index (χ4v) is 9.88. The molecule has 4 amide bonds. The average molecular weight is 928 g/mol. The summed E-state index contributed by atoms with van der Waals surface area (Å²) in [5.41, 5.74) is 15.4. The van der Waals surface area contributed by atoms with Crippen LogP contribution in [-0.2, 0) is 25.7 Å². The van der Waals surface area contributed by atoms with Crippen LogP contribution in [-0.4, -0.2) is 75.6 Å². The summed E-state index contributed by atoms with van der Waals surface area (Å²) in [7, 11) is 0. The maximum absolute atomic E-state index is 14.4. The fraction of sp³-hybridized carbons (Fsp3) is 0.389. The number of amides is 4. The van der Waals surface area contributed by atoms with Gasteiger partial charge in [-0.25, -0.2) is 4.98 Å². The number of rotatable bonds is 21. The number of carbonyl (C=O) groups excluding carboxylic acids is 4. The summed E-state index contributed by atoms with van der Waals surface area (Å²) in [5, 5.41) is 26.5. The molecule has 4 aromatic carbocycles. The zero-order valence-corrected chi connectivity index (χ0v) is 40.1. The normalized spacial score (nSPS) is 16.2. The number of aryl methyl sites for hydroxylation is 1. The van der Waals surface area contributed by atoms with Gasteiger partial charge in [0.05, 0.1) is 34.6 Å². The Labute approximate surface area is 398 Å². The summed E-state index contributed by atoms with van der Waals surface area (Å²) >= 11 is 1.57. The van der Waals surface area contributed by atoms with Gasteiger partial charge in [-0.3, -0.25) is 19.2 Å².